The van der Waals surface area contributed by atoms with Crippen molar-refractivity contribution in [1.29, 1.82) is 0 Å². The van der Waals surface area contributed by atoms with E-state index >= 15 is 0 Å². The van der Waals surface area contributed by atoms with E-state index in [1.165, 1.54) is 11.3 Å². The number of carbonyl (C=O) groups excluding carboxylic acids is 1. The summed E-state index contributed by atoms with van der Waals surface area (Å²) in [6.07, 6.45) is 0. The van der Waals surface area contributed by atoms with E-state index in [-0.39, 0.29) is 11.4 Å². The van der Waals surface area contributed by atoms with Crippen molar-refractivity contribution in [2.75, 3.05) is 11.2 Å². The Morgan fingerprint density at radius 1 is 1.64 bits per heavy atom. The van der Waals surface area contributed by atoms with Crippen LogP contribution in [0.15, 0.2) is 5.38 Å². The number of aryl methyl sites for hydroxylation is 1. The Morgan fingerprint density at radius 2 is 2.29 bits per heavy atom. The fourth-order valence-electron chi connectivity index (χ4n) is 0.962. The van der Waals surface area contributed by atoms with Gasteiger partial charge in [-0.2, -0.15) is 0 Å². The zero-order chi connectivity index (χ0) is 10.7. The number of anilines is 1. The van der Waals surface area contributed by atoms with Gasteiger partial charge in [0.2, 0.25) is 5.91 Å². The van der Waals surface area contributed by atoms with E-state index < -0.39 is 11.9 Å². The molecule has 0 radical (unpaired) electrons. The van der Waals surface area contributed by atoms with Crippen LogP contribution in [-0.4, -0.2) is 22.9 Å². The first-order chi connectivity index (χ1) is 6.56. The molecule has 0 saturated carbocycles. The SMILES string of the molecule is Cc1csc(NC(=O)CCl)c1C(=O)O. The number of carbonyl (C=O) groups is 2. The number of halogens is 1. The van der Waals surface area contributed by atoms with Crippen molar-refractivity contribution in [2.45, 2.75) is 6.92 Å². The van der Waals surface area contributed by atoms with Gasteiger partial charge in [0, 0.05) is 0 Å². The standard InChI is InChI=1S/C8H8ClNO3S/c1-4-3-14-7(6(4)8(12)13)10-5(11)2-9/h3H,2H2,1H3,(H,10,11)(H,12,13). The van der Waals surface area contributed by atoms with E-state index in [0.717, 1.165) is 0 Å². The molecule has 0 aromatic carbocycles. The number of nitrogens with one attached hydrogen (secondary N) is 1. The molecule has 0 fully saturated rings. The van der Waals surface area contributed by atoms with Gasteiger partial charge in [-0.3, -0.25) is 4.79 Å². The molecule has 0 atom stereocenters. The Labute approximate surface area is 89.5 Å². The van der Waals surface area contributed by atoms with Gasteiger partial charge in [0.15, 0.2) is 0 Å². The minimum atomic E-state index is -1.05. The van der Waals surface area contributed by atoms with E-state index in [2.05, 4.69) is 5.32 Å². The third-order valence-electron chi connectivity index (χ3n) is 1.56. The Bertz CT molecular complexity index is 375. The molecule has 0 spiro atoms. The third-order valence-corrected chi connectivity index (χ3v) is 2.82. The van der Waals surface area contributed by atoms with Crippen LogP contribution >= 0.6 is 22.9 Å². The predicted octanol–water partition coefficient (Wildman–Crippen LogP) is 1.93. The number of rotatable bonds is 3. The zero-order valence-electron chi connectivity index (χ0n) is 7.33. The van der Waals surface area contributed by atoms with E-state index in [1.807, 2.05) is 0 Å². The van der Waals surface area contributed by atoms with Gasteiger partial charge in [0.05, 0.1) is 5.56 Å². The van der Waals surface area contributed by atoms with Gasteiger partial charge in [0.1, 0.15) is 10.9 Å². The molecule has 0 aliphatic heterocycles. The second-order valence-corrected chi connectivity index (χ2v) is 3.76. The van der Waals surface area contributed by atoms with Crippen molar-refractivity contribution in [3.8, 4) is 0 Å². The van der Waals surface area contributed by atoms with Crippen LogP contribution in [0, 0.1) is 6.92 Å². The maximum Gasteiger partial charge on any atom is 0.338 e. The topological polar surface area (TPSA) is 66.4 Å². The normalized spacial score (nSPS) is 9.86. The van der Waals surface area contributed by atoms with E-state index in [9.17, 15) is 9.59 Å². The molecule has 14 heavy (non-hydrogen) atoms. The van der Waals surface area contributed by atoms with Gasteiger partial charge in [0.25, 0.3) is 0 Å². The number of amides is 1. The molecule has 0 saturated heterocycles. The summed E-state index contributed by atoms with van der Waals surface area (Å²) in [5, 5.41) is 13.3. The minimum absolute atomic E-state index is 0.133. The van der Waals surface area contributed by atoms with Crippen LogP contribution in [0.4, 0.5) is 5.00 Å². The smallest absolute Gasteiger partial charge is 0.338 e. The molecule has 1 heterocycles. The lowest BCUT2D eigenvalue weighted by Crippen LogP contribution is -2.14. The molecule has 1 rings (SSSR count). The Balaban J connectivity index is 2.98. The highest BCUT2D eigenvalue weighted by Gasteiger charge is 2.16. The maximum atomic E-state index is 10.9. The molecule has 76 valence electrons. The van der Waals surface area contributed by atoms with E-state index in [0.29, 0.717) is 10.6 Å². The summed E-state index contributed by atoms with van der Waals surface area (Å²) in [5.74, 6) is -1.64. The summed E-state index contributed by atoms with van der Waals surface area (Å²) in [6, 6.07) is 0. The molecule has 6 heteroatoms. The van der Waals surface area contributed by atoms with E-state index in [1.54, 1.807) is 12.3 Å². The summed E-state index contributed by atoms with van der Waals surface area (Å²) in [7, 11) is 0. The lowest BCUT2D eigenvalue weighted by Gasteiger charge is -2.01. The Kier molecular flexibility index (Phi) is 3.49. The lowest BCUT2D eigenvalue weighted by molar-refractivity contribution is -0.113. The Hall–Kier alpha value is -1.07. The van der Waals surface area contributed by atoms with Crippen molar-refractivity contribution >= 4 is 39.8 Å². The molecule has 0 aliphatic rings. The van der Waals surface area contributed by atoms with Crippen molar-refractivity contribution in [1.82, 2.24) is 0 Å². The van der Waals surface area contributed by atoms with Gasteiger partial charge < -0.3 is 10.4 Å². The molecule has 4 nitrogen and oxygen atoms in total. The molecule has 1 amide bonds. The summed E-state index contributed by atoms with van der Waals surface area (Å²) in [4.78, 5) is 21.7. The second kappa shape index (κ2) is 4.43. The van der Waals surface area contributed by atoms with Crippen LogP contribution in [0.1, 0.15) is 15.9 Å². The summed E-state index contributed by atoms with van der Waals surface area (Å²) in [5.41, 5.74) is 0.765. The fraction of sp³-hybridized carbons (Fsp3) is 0.250. The van der Waals surface area contributed by atoms with Gasteiger partial charge in [-0.05, 0) is 17.9 Å². The number of carboxylic acid groups (broad SMARTS) is 1. The van der Waals surface area contributed by atoms with Crippen molar-refractivity contribution in [2.24, 2.45) is 0 Å². The lowest BCUT2D eigenvalue weighted by atomic mass is 10.2. The molecule has 1 aromatic heterocycles. The zero-order valence-corrected chi connectivity index (χ0v) is 8.91. The van der Waals surface area contributed by atoms with Gasteiger partial charge in [-0.15, -0.1) is 22.9 Å². The van der Waals surface area contributed by atoms with Crippen LogP contribution in [0.3, 0.4) is 0 Å². The highest BCUT2D eigenvalue weighted by atomic mass is 35.5. The number of hydrogen-bond donors (Lipinski definition) is 2. The third kappa shape index (κ3) is 2.24. The maximum absolute atomic E-state index is 10.9. The number of carboxylic acids is 1. The van der Waals surface area contributed by atoms with E-state index in [4.69, 9.17) is 16.7 Å². The van der Waals surface area contributed by atoms with Crippen LogP contribution in [0.2, 0.25) is 0 Å². The number of hydrogen-bond acceptors (Lipinski definition) is 3. The highest BCUT2D eigenvalue weighted by Crippen LogP contribution is 2.27. The van der Waals surface area contributed by atoms with Gasteiger partial charge in [-0.1, -0.05) is 0 Å². The van der Waals surface area contributed by atoms with Crippen LogP contribution in [0.25, 0.3) is 0 Å². The van der Waals surface area contributed by atoms with Crippen LogP contribution < -0.4 is 5.32 Å². The largest absolute Gasteiger partial charge is 0.478 e. The van der Waals surface area contributed by atoms with Gasteiger partial charge >= 0.3 is 5.97 Å². The molecule has 1 aromatic rings. The first-order valence-electron chi connectivity index (χ1n) is 3.73. The molecule has 0 bridgehead atoms. The number of aromatic carboxylic acids is 1. The quantitative estimate of drug-likeness (QED) is 0.784. The molecule has 2 N–H and O–H groups in total. The summed E-state index contributed by atoms with van der Waals surface area (Å²) >= 11 is 6.46. The first-order valence-corrected chi connectivity index (χ1v) is 5.15. The second-order valence-electron chi connectivity index (χ2n) is 2.61. The molecule has 0 unspecified atom stereocenters. The fourth-order valence-corrected chi connectivity index (χ4v) is 1.98. The first kappa shape index (κ1) is 11.0. The van der Waals surface area contributed by atoms with Crippen LogP contribution in [-0.2, 0) is 4.79 Å². The predicted molar refractivity (Wildman–Crippen MR) is 55.4 cm³/mol. The summed E-state index contributed by atoms with van der Waals surface area (Å²) < 4.78 is 0. The highest BCUT2D eigenvalue weighted by molar-refractivity contribution is 7.15. The van der Waals surface area contributed by atoms with Crippen molar-refractivity contribution in [3.05, 3.63) is 16.5 Å². The average molecular weight is 234 g/mol. The van der Waals surface area contributed by atoms with Crippen LogP contribution in [0.5, 0.6) is 0 Å². The minimum Gasteiger partial charge on any atom is -0.478 e. The molecular formula is C8H8ClNO3S. The number of thiophene rings is 1. The van der Waals surface area contributed by atoms with Gasteiger partial charge in [-0.25, -0.2) is 4.79 Å². The summed E-state index contributed by atoms with van der Waals surface area (Å²) in [6.45, 7) is 1.68. The Morgan fingerprint density at radius 3 is 2.79 bits per heavy atom. The molecular weight excluding hydrogens is 226 g/mol. The molecule has 0 aliphatic carbocycles. The number of alkyl halides is 1. The van der Waals surface area contributed by atoms with Crippen molar-refractivity contribution < 1.29 is 14.7 Å². The van der Waals surface area contributed by atoms with Crippen molar-refractivity contribution in [3.63, 3.8) is 0 Å². The average Bonchev–Trinajstić information content (AvgIpc) is 2.46. The monoisotopic (exact) mass is 233 g/mol.